The van der Waals surface area contributed by atoms with E-state index < -0.39 is 0 Å². The average Bonchev–Trinajstić information content (AvgIpc) is 3.10. The molecule has 27 heavy (non-hydrogen) atoms. The highest BCUT2D eigenvalue weighted by atomic mass is 19.1. The number of aromatic amines is 1. The van der Waals surface area contributed by atoms with Crippen LogP contribution in [-0.2, 0) is 13.1 Å². The summed E-state index contributed by atoms with van der Waals surface area (Å²) in [5.74, 6) is 0.677. The highest BCUT2D eigenvalue weighted by Crippen LogP contribution is 2.13. The molecule has 0 saturated carbocycles. The fourth-order valence-electron chi connectivity index (χ4n) is 3.29. The maximum Gasteiger partial charge on any atom is 0.317 e. The maximum absolute atomic E-state index is 12.9. The van der Waals surface area contributed by atoms with Gasteiger partial charge >= 0.3 is 6.03 Å². The first-order valence-electron chi connectivity index (χ1n) is 9.10. The molecule has 0 spiro atoms. The molecule has 1 aliphatic rings. The van der Waals surface area contributed by atoms with E-state index in [9.17, 15) is 9.18 Å². The van der Waals surface area contributed by atoms with E-state index in [1.807, 2.05) is 29.2 Å². The summed E-state index contributed by atoms with van der Waals surface area (Å²) in [5.41, 5.74) is 2.91. The Morgan fingerprint density at radius 2 is 1.81 bits per heavy atom. The van der Waals surface area contributed by atoms with E-state index in [1.54, 1.807) is 12.1 Å². The van der Waals surface area contributed by atoms with Crippen molar-refractivity contribution in [1.82, 2.24) is 25.1 Å². The smallest absolute Gasteiger partial charge is 0.317 e. The first-order valence-corrected chi connectivity index (χ1v) is 9.10. The van der Waals surface area contributed by atoms with Gasteiger partial charge in [-0.2, -0.15) is 0 Å². The van der Waals surface area contributed by atoms with Gasteiger partial charge in [0, 0.05) is 32.7 Å². The topological polar surface area (TPSA) is 64.3 Å². The van der Waals surface area contributed by atoms with Gasteiger partial charge in [-0.1, -0.05) is 24.3 Å². The zero-order valence-corrected chi connectivity index (χ0v) is 15.0. The number of carbonyl (C=O) groups is 1. The molecule has 4 rings (SSSR count). The van der Waals surface area contributed by atoms with E-state index in [4.69, 9.17) is 0 Å². The van der Waals surface area contributed by atoms with Gasteiger partial charge in [-0.05, 0) is 29.8 Å². The van der Waals surface area contributed by atoms with E-state index in [1.165, 1.54) is 12.1 Å². The van der Waals surface area contributed by atoms with Crippen molar-refractivity contribution < 1.29 is 9.18 Å². The molecule has 1 aliphatic heterocycles. The number of nitrogens with zero attached hydrogens (tertiary/aromatic N) is 3. The van der Waals surface area contributed by atoms with Gasteiger partial charge in [0.1, 0.15) is 11.6 Å². The van der Waals surface area contributed by atoms with E-state index >= 15 is 0 Å². The van der Waals surface area contributed by atoms with Crippen LogP contribution >= 0.6 is 0 Å². The van der Waals surface area contributed by atoms with Gasteiger partial charge < -0.3 is 15.2 Å². The van der Waals surface area contributed by atoms with Crippen molar-refractivity contribution in [1.29, 1.82) is 0 Å². The summed E-state index contributed by atoms with van der Waals surface area (Å²) in [6.07, 6.45) is 0. The number of amides is 2. The third kappa shape index (κ3) is 4.25. The van der Waals surface area contributed by atoms with Crippen LogP contribution in [0.25, 0.3) is 11.0 Å². The summed E-state index contributed by atoms with van der Waals surface area (Å²) in [4.78, 5) is 24.4. The van der Waals surface area contributed by atoms with E-state index in [-0.39, 0.29) is 11.8 Å². The molecule has 0 aliphatic carbocycles. The van der Waals surface area contributed by atoms with Crippen molar-refractivity contribution >= 4 is 17.1 Å². The number of H-pyrrole nitrogens is 1. The van der Waals surface area contributed by atoms with Crippen molar-refractivity contribution in [2.75, 3.05) is 26.2 Å². The molecule has 6 nitrogen and oxygen atoms in total. The molecule has 7 heteroatoms. The van der Waals surface area contributed by atoms with Crippen molar-refractivity contribution in [2.24, 2.45) is 0 Å². The normalized spacial score (nSPS) is 15.2. The fourth-order valence-corrected chi connectivity index (χ4v) is 3.29. The number of halogens is 1. The van der Waals surface area contributed by atoms with Crippen LogP contribution in [-0.4, -0.2) is 52.0 Å². The first-order chi connectivity index (χ1) is 13.2. The minimum Gasteiger partial charge on any atom is -0.341 e. The molecule has 0 radical (unpaired) electrons. The summed E-state index contributed by atoms with van der Waals surface area (Å²) < 4.78 is 12.9. The molecule has 2 amide bonds. The van der Waals surface area contributed by atoms with Gasteiger partial charge in [-0.25, -0.2) is 14.2 Å². The molecule has 2 aromatic carbocycles. The number of rotatable bonds is 4. The lowest BCUT2D eigenvalue weighted by atomic mass is 10.2. The Morgan fingerprint density at radius 3 is 2.56 bits per heavy atom. The summed E-state index contributed by atoms with van der Waals surface area (Å²) in [7, 11) is 0. The monoisotopic (exact) mass is 367 g/mol. The van der Waals surface area contributed by atoms with Gasteiger partial charge in [-0.15, -0.1) is 0 Å². The van der Waals surface area contributed by atoms with Crippen LogP contribution in [0.1, 0.15) is 11.4 Å². The molecule has 0 unspecified atom stereocenters. The molecule has 0 bridgehead atoms. The second-order valence-electron chi connectivity index (χ2n) is 6.75. The second kappa shape index (κ2) is 7.75. The Kier molecular flexibility index (Phi) is 5.02. The van der Waals surface area contributed by atoms with Crippen LogP contribution in [0.2, 0.25) is 0 Å². The number of fused-ring (bicyclic) bond motifs is 1. The predicted molar refractivity (Wildman–Crippen MR) is 102 cm³/mol. The fraction of sp³-hybridized carbons (Fsp3) is 0.300. The molecule has 2 N–H and O–H groups in total. The number of benzene rings is 2. The predicted octanol–water partition coefficient (Wildman–Crippen LogP) is 2.73. The minimum absolute atomic E-state index is 0.0808. The van der Waals surface area contributed by atoms with Crippen LogP contribution in [0.3, 0.4) is 0 Å². The lowest BCUT2D eigenvalue weighted by molar-refractivity contribution is 0.133. The van der Waals surface area contributed by atoms with Gasteiger partial charge in [0.25, 0.3) is 0 Å². The summed E-state index contributed by atoms with van der Waals surface area (Å²) in [5, 5.41) is 2.90. The van der Waals surface area contributed by atoms with Gasteiger partial charge in [0.05, 0.1) is 17.6 Å². The van der Waals surface area contributed by atoms with E-state index in [0.29, 0.717) is 19.6 Å². The van der Waals surface area contributed by atoms with Crippen molar-refractivity contribution in [3.63, 3.8) is 0 Å². The third-order valence-corrected chi connectivity index (χ3v) is 4.83. The Morgan fingerprint density at radius 1 is 1.07 bits per heavy atom. The number of para-hydroxylation sites is 2. The number of imidazole rings is 1. The Bertz CT molecular complexity index is 883. The van der Waals surface area contributed by atoms with Gasteiger partial charge in [0.2, 0.25) is 0 Å². The van der Waals surface area contributed by atoms with Crippen LogP contribution in [0.4, 0.5) is 9.18 Å². The Balaban J connectivity index is 1.25. The molecule has 0 atom stereocenters. The highest BCUT2D eigenvalue weighted by Gasteiger charge is 2.21. The summed E-state index contributed by atoms with van der Waals surface area (Å²) >= 11 is 0. The lowest BCUT2D eigenvalue weighted by Crippen LogP contribution is -2.51. The van der Waals surface area contributed by atoms with Crippen LogP contribution in [0.15, 0.2) is 48.5 Å². The molecular formula is C20H22FN5O. The molecule has 1 saturated heterocycles. The zero-order valence-electron chi connectivity index (χ0n) is 15.0. The van der Waals surface area contributed by atoms with Crippen LogP contribution in [0.5, 0.6) is 0 Å². The highest BCUT2D eigenvalue weighted by molar-refractivity contribution is 5.75. The SMILES string of the molecule is O=C(NCc1ccc(F)cc1)N1CCN(Cc2nc3ccccc3[nH]2)CC1. The number of piperazine rings is 1. The van der Waals surface area contributed by atoms with Gasteiger partial charge in [-0.3, -0.25) is 4.90 Å². The average molecular weight is 367 g/mol. The summed E-state index contributed by atoms with van der Waals surface area (Å²) in [6, 6.07) is 14.1. The van der Waals surface area contributed by atoms with Crippen LogP contribution in [0, 0.1) is 5.82 Å². The van der Waals surface area contributed by atoms with Crippen LogP contribution < -0.4 is 5.32 Å². The third-order valence-electron chi connectivity index (χ3n) is 4.83. The number of hydrogen-bond donors (Lipinski definition) is 2. The Labute approximate surface area is 157 Å². The molecular weight excluding hydrogens is 345 g/mol. The van der Waals surface area contributed by atoms with Gasteiger partial charge in [0.15, 0.2) is 0 Å². The first kappa shape index (κ1) is 17.5. The number of urea groups is 1. The number of nitrogens with one attached hydrogen (secondary N) is 2. The minimum atomic E-state index is -0.273. The lowest BCUT2D eigenvalue weighted by Gasteiger charge is -2.34. The largest absolute Gasteiger partial charge is 0.341 e. The number of hydrogen-bond acceptors (Lipinski definition) is 3. The van der Waals surface area contributed by atoms with Crippen molar-refractivity contribution in [2.45, 2.75) is 13.1 Å². The molecule has 1 aromatic heterocycles. The quantitative estimate of drug-likeness (QED) is 0.745. The zero-order chi connectivity index (χ0) is 18.6. The van der Waals surface area contributed by atoms with E-state index in [2.05, 4.69) is 20.2 Å². The standard InChI is InChI=1S/C20H22FN5O/c21-16-7-5-15(6-8-16)13-22-20(27)26-11-9-25(10-12-26)14-19-23-17-3-1-2-4-18(17)24-19/h1-8H,9-14H2,(H,22,27)(H,23,24). The molecule has 3 aromatic rings. The second-order valence-corrected chi connectivity index (χ2v) is 6.75. The van der Waals surface area contributed by atoms with Crippen molar-refractivity contribution in [3.8, 4) is 0 Å². The number of carbonyl (C=O) groups excluding carboxylic acids is 1. The van der Waals surface area contributed by atoms with Crippen molar-refractivity contribution in [3.05, 3.63) is 65.7 Å². The summed E-state index contributed by atoms with van der Waals surface area (Å²) in [6.45, 7) is 4.12. The number of aromatic nitrogens is 2. The Hall–Kier alpha value is -2.93. The van der Waals surface area contributed by atoms with E-state index in [0.717, 1.165) is 42.1 Å². The molecule has 1 fully saturated rings. The maximum atomic E-state index is 12.9. The molecule has 140 valence electrons. The molecule has 2 heterocycles.